The topological polar surface area (TPSA) is 96.0 Å². The predicted molar refractivity (Wildman–Crippen MR) is 123 cm³/mol. The summed E-state index contributed by atoms with van der Waals surface area (Å²) in [5.41, 5.74) is -0.187. The van der Waals surface area contributed by atoms with Gasteiger partial charge in [0.1, 0.15) is 17.9 Å². The Morgan fingerprint density at radius 1 is 1.26 bits per heavy atom. The van der Waals surface area contributed by atoms with Crippen LogP contribution in [0.5, 0.6) is 0 Å². The number of esters is 1. The molecule has 1 aromatic carbocycles. The Labute approximate surface area is 199 Å². The van der Waals surface area contributed by atoms with Crippen molar-refractivity contribution in [1.29, 1.82) is 0 Å². The predicted octanol–water partition coefficient (Wildman–Crippen LogP) is 3.24. The van der Waals surface area contributed by atoms with E-state index in [1.807, 2.05) is 0 Å². The molecule has 8 nitrogen and oxygen atoms in total. The number of hydrogen-bond donors (Lipinski definition) is 1. The number of hydrogen-bond acceptors (Lipinski definition) is 5. The van der Waals surface area contributed by atoms with Crippen molar-refractivity contribution in [2.75, 3.05) is 20.2 Å². The molecule has 0 atom stereocenters. The van der Waals surface area contributed by atoms with Crippen LogP contribution in [0.1, 0.15) is 58.4 Å². The number of likely N-dealkylation sites (N-methyl/N-ethyl adjacent to an activating group) is 1. The molecule has 1 saturated heterocycles. The number of carbonyl (C=O) groups is 4. The minimum atomic E-state index is -0.960. The van der Waals surface area contributed by atoms with Gasteiger partial charge in [0.25, 0.3) is 11.8 Å². The zero-order valence-corrected chi connectivity index (χ0v) is 20.4. The van der Waals surface area contributed by atoms with Gasteiger partial charge in [-0.2, -0.15) is 0 Å². The molecule has 1 spiro atoms. The van der Waals surface area contributed by atoms with Gasteiger partial charge in [0.15, 0.2) is 6.61 Å². The molecule has 0 aromatic heterocycles. The zero-order valence-electron chi connectivity index (χ0n) is 20.4. The van der Waals surface area contributed by atoms with E-state index >= 15 is 0 Å². The molecule has 1 saturated carbocycles. The lowest BCUT2D eigenvalue weighted by Gasteiger charge is -2.42. The van der Waals surface area contributed by atoms with Crippen LogP contribution in [0.15, 0.2) is 24.3 Å². The van der Waals surface area contributed by atoms with E-state index < -0.39 is 48.3 Å². The summed E-state index contributed by atoms with van der Waals surface area (Å²) in [5.74, 6) is -1.66. The Kier molecular flexibility index (Phi) is 7.63. The van der Waals surface area contributed by atoms with Crippen LogP contribution in [0.3, 0.4) is 0 Å². The van der Waals surface area contributed by atoms with Gasteiger partial charge in [0, 0.05) is 13.6 Å². The summed E-state index contributed by atoms with van der Waals surface area (Å²) in [4.78, 5) is 52.3. The van der Waals surface area contributed by atoms with E-state index in [9.17, 15) is 23.6 Å². The standard InChI is InChI=1S/C25H34FN3O5/c1-5-24(2,3)18-9-11-25(12-10-18)22(32)29(23(33)27-25)15-21(31)34-16-20(30)28(4)14-17-7-6-8-19(26)13-17/h6-8,13,18H,5,9-12,14-16H2,1-4H3,(H,27,33). The summed E-state index contributed by atoms with van der Waals surface area (Å²) in [7, 11) is 1.51. The molecule has 2 aliphatic rings. The maximum absolute atomic E-state index is 13.3. The van der Waals surface area contributed by atoms with Crippen LogP contribution >= 0.6 is 0 Å². The van der Waals surface area contributed by atoms with Gasteiger partial charge < -0.3 is 15.0 Å². The van der Waals surface area contributed by atoms with Gasteiger partial charge in [-0.05, 0) is 54.7 Å². The smallest absolute Gasteiger partial charge is 0.326 e. The molecule has 4 amide bonds. The second kappa shape index (κ2) is 10.1. The third-order valence-corrected chi connectivity index (χ3v) is 7.48. The van der Waals surface area contributed by atoms with Gasteiger partial charge in [-0.15, -0.1) is 0 Å². The highest BCUT2D eigenvalue weighted by Gasteiger charge is 2.53. The van der Waals surface area contributed by atoms with E-state index in [1.54, 1.807) is 12.1 Å². The number of benzene rings is 1. The highest BCUT2D eigenvalue weighted by molar-refractivity contribution is 6.08. The number of nitrogens with zero attached hydrogens (tertiary/aromatic N) is 2. The largest absolute Gasteiger partial charge is 0.454 e. The molecule has 1 aliphatic heterocycles. The average Bonchev–Trinajstić information content (AvgIpc) is 3.01. The van der Waals surface area contributed by atoms with Gasteiger partial charge in [0.2, 0.25) is 0 Å². The van der Waals surface area contributed by atoms with E-state index in [0.29, 0.717) is 24.3 Å². The van der Waals surface area contributed by atoms with Gasteiger partial charge >= 0.3 is 12.0 Å². The molecular formula is C25H34FN3O5. The maximum Gasteiger partial charge on any atom is 0.326 e. The van der Waals surface area contributed by atoms with Crippen molar-refractivity contribution in [3.05, 3.63) is 35.6 Å². The van der Waals surface area contributed by atoms with Crippen molar-refractivity contribution in [1.82, 2.24) is 15.1 Å². The number of ether oxygens (including phenoxy) is 1. The monoisotopic (exact) mass is 475 g/mol. The fourth-order valence-electron chi connectivity index (χ4n) is 4.76. The number of rotatable bonds is 8. The summed E-state index contributed by atoms with van der Waals surface area (Å²) >= 11 is 0. The fraction of sp³-hybridized carbons (Fsp3) is 0.600. The zero-order chi connectivity index (χ0) is 25.1. The molecule has 1 heterocycles. The molecule has 9 heteroatoms. The molecule has 0 unspecified atom stereocenters. The number of imide groups is 1. The molecule has 1 N–H and O–H groups in total. The van der Waals surface area contributed by atoms with Crippen molar-refractivity contribution in [3.8, 4) is 0 Å². The van der Waals surface area contributed by atoms with E-state index in [-0.39, 0.29) is 12.0 Å². The first-order valence-corrected chi connectivity index (χ1v) is 11.8. The molecule has 0 bridgehead atoms. The van der Waals surface area contributed by atoms with Crippen LogP contribution < -0.4 is 5.32 Å². The van der Waals surface area contributed by atoms with E-state index in [2.05, 4.69) is 26.1 Å². The van der Waals surface area contributed by atoms with Crippen LogP contribution in [0.25, 0.3) is 0 Å². The number of amides is 4. The Morgan fingerprint density at radius 2 is 1.94 bits per heavy atom. The summed E-state index contributed by atoms with van der Waals surface area (Å²) in [6, 6.07) is 5.25. The van der Waals surface area contributed by atoms with Crippen molar-refractivity contribution >= 4 is 23.8 Å². The third kappa shape index (κ3) is 5.56. The number of carbonyl (C=O) groups excluding carboxylic acids is 4. The molecule has 0 radical (unpaired) electrons. The molecule has 2 fully saturated rings. The first kappa shape index (κ1) is 25.6. The average molecular weight is 476 g/mol. The molecule has 3 rings (SSSR count). The van der Waals surface area contributed by atoms with E-state index in [4.69, 9.17) is 4.74 Å². The fourth-order valence-corrected chi connectivity index (χ4v) is 4.76. The molecule has 34 heavy (non-hydrogen) atoms. The lowest BCUT2D eigenvalue weighted by Crippen LogP contribution is -2.51. The molecular weight excluding hydrogens is 441 g/mol. The van der Waals surface area contributed by atoms with Crippen LogP contribution in [0.2, 0.25) is 0 Å². The lowest BCUT2D eigenvalue weighted by atomic mass is 9.65. The third-order valence-electron chi connectivity index (χ3n) is 7.48. The highest BCUT2D eigenvalue weighted by atomic mass is 19.1. The van der Waals surface area contributed by atoms with Crippen molar-refractivity contribution in [3.63, 3.8) is 0 Å². The van der Waals surface area contributed by atoms with Crippen LogP contribution in [-0.2, 0) is 25.7 Å². The van der Waals surface area contributed by atoms with Gasteiger partial charge in [-0.25, -0.2) is 9.18 Å². The second-order valence-electron chi connectivity index (χ2n) is 10.1. The van der Waals surface area contributed by atoms with Gasteiger partial charge in [-0.1, -0.05) is 39.3 Å². The van der Waals surface area contributed by atoms with Gasteiger partial charge in [-0.3, -0.25) is 19.3 Å². The normalized spacial score (nSPS) is 22.6. The minimum absolute atomic E-state index is 0.152. The Balaban J connectivity index is 1.50. The van der Waals surface area contributed by atoms with Gasteiger partial charge in [0.05, 0.1) is 0 Å². The summed E-state index contributed by atoms with van der Waals surface area (Å²) in [6.07, 6.45) is 3.79. The molecule has 186 valence electrons. The number of nitrogens with one attached hydrogen (secondary N) is 1. The summed E-state index contributed by atoms with van der Waals surface area (Å²) < 4.78 is 18.3. The van der Waals surface area contributed by atoms with Crippen LogP contribution in [0.4, 0.5) is 9.18 Å². The number of halogens is 1. The molecule has 1 aliphatic carbocycles. The second-order valence-corrected chi connectivity index (χ2v) is 10.1. The Morgan fingerprint density at radius 3 is 2.56 bits per heavy atom. The van der Waals surface area contributed by atoms with Crippen molar-refractivity contribution in [2.24, 2.45) is 11.3 Å². The van der Waals surface area contributed by atoms with Crippen LogP contribution in [0, 0.1) is 17.2 Å². The summed E-state index contributed by atoms with van der Waals surface area (Å²) in [5, 5.41) is 2.80. The minimum Gasteiger partial charge on any atom is -0.454 e. The Hall–Kier alpha value is -2.97. The highest BCUT2D eigenvalue weighted by Crippen LogP contribution is 2.45. The quantitative estimate of drug-likeness (QED) is 0.460. The number of urea groups is 1. The lowest BCUT2D eigenvalue weighted by molar-refractivity contribution is -0.153. The Bertz CT molecular complexity index is 956. The van der Waals surface area contributed by atoms with Crippen molar-refractivity contribution < 1.29 is 28.3 Å². The van der Waals surface area contributed by atoms with Crippen LogP contribution in [-0.4, -0.2) is 59.4 Å². The maximum atomic E-state index is 13.3. The summed E-state index contributed by atoms with van der Waals surface area (Å²) in [6.45, 7) is 5.68. The SMILES string of the molecule is CCC(C)(C)C1CCC2(CC1)NC(=O)N(CC(=O)OCC(=O)N(C)Cc1cccc(F)c1)C2=O. The first-order valence-electron chi connectivity index (χ1n) is 11.8. The van der Waals surface area contributed by atoms with E-state index in [1.165, 1.54) is 24.1 Å². The van der Waals surface area contributed by atoms with Crippen molar-refractivity contribution in [2.45, 2.75) is 65.0 Å². The van der Waals surface area contributed by atoms with E-state index in [0.717, 1.165) is 24.2 Å². The first-order chi connectivity index (χ1) is 16.0. The molecule has 1 aromatic rings.